The molecule has 0 aliphatic carbocycles. The number of aromatic amines is 1. The molecule has 25 heavy (non-hydrogen) atoms. The third kappa shape index (κ3) is 3.74. The van der Waals surface area contributed by atoms with Crippen molar-refractivity contribution in [1.82, 2.24) is 15.1 Å². The van der Waals surface area contributed by atoms with Gasteiger partial charge in [0.2, 0.25) is 0 Å². The Balaban J connectivity index is 1.85. The van der Waals surface area contributed by atoms with Crippen LogP contribution in [-0.2, 0) is 9.84 Å². The average Bonchev–Trinajstić information content (AvgIpc) is 2.74. The molecule has 0 radical (unpaired) electrons. The second-order valence-electron chi connectivity index (χ2n) is 5.76. The Morgan fingerprint density at radius 2 is 1.96 bits per heavy atom. The number of amides is 1. The van der Waals surface area contributed by atoms with Gasteiger partial charge in [0.25, 0.3) is 11.5 Å². The fourth-order valence-corrected chi connectivity index (χ4v) is 5.01. The van der Waals surface area contributed by atoms with E-state index in [2.05, 4.69) is 10.2 Å². The smallest absolute Gasteiger partial charge is 0.274 e. The topological polar surface area (TPSA) is 100 Å². The molecule has 1 aliphatic rings. The molecule has 7 nitrogen and oxygen atoms in total. The highest BCUT2D eigenvalue weighted by atomic mass is 35.5. The van der Waals surface area contributed by atoms with Crippen molar-refractivity contribution in [2.75, 3.05) is 18.8 Å². The highest BCUT2D eigenvalue weighted by molar-refractivity contribution is 7.91. The SMILES string of the molecule is O=C(c1ccc(=O)[nH]n1)N1CCC(c2ccccc2Cl)S(=O)(=O)CC1. The third-order valence-electron chi connectivity index (χ3n) is 4.18. The minimum atomic E-state index is -3.45. The second kappa shape index (κ2) is 6.97. The van der Waals surface area contributed by atoms with Crippen LogP contribution in [0.3, 0.4) is 0 Å². The average molecular weight is 382 g/mol. The van der Waals surface area contributed by atoms with E-state index in [-0.39, 0.29) is 31.0 Å². The minimum absolute atomic E-state index is 0.0723. The number of aromatic nitrogens is 2. The fraction of sp³-hybridized carbons (Fsp3) is 0.312. The first-order chi connectivity index (χ1) is 11.9. The van der Waals surface area contributed by atoms with Gasteiger partial charge in [-0.3, -0.25) is 9.59 Å². The van der Waals surface area contributed by atoms with E-state index >= 15 is 0 Å². The highest BCUT2D eigenvalue weighted by Crippen LogP contribution is 2.33. The molecule has 1 aromatic heterocycles. The largest absolute Gasteiger partial charge is 0.336 e. The Morgan fingerprint density at radius 1 is 1.20 bits per heavy atom. The van der Waals surface area contributed by atoms with Crippen molar-refractivity contribution < 1.29 is 13.2 Å². The number of halogens is 1. The van der Waals surface area contributed by atoms with Gasteiger partial charge < -0.3 is 4.90 Å². The third-order valence-corrected chi connectivity index (χ3v) is 6.63. The van der Waals surface area contributed by atoms with E-state index in [9.17, 15) is 18.0 Å². The van der Waals surface area contributed by atoms with E-state index in [0.29, 0.717) is 10.6 Å². The number of hydrogen-bond acceptors (Lipinski definition) is 5. The molecule has 2 heterocycles. The Bertz CT molecular complexity index is 937. The summed E-state index contributed by atoms with van der Waals surface area (Å²) in [4.78, 5) is 25.0. The Kier molecular flexibility index (Phi) is 4.91. The van der Waals surface area contributed by atoms with Crippen LogP contribution in [0, 0.1) is 0 Å². The Hall–Kier alpha value is -2.19. The van der Waals surface area contributed by atoms with Crippen molar-refractivity contribution in [3.8, 4) is 0 Å². The van der Waals surface area contributed by atoms with E-state index < -0.39 is 26.6 Å². The van der Waals surface area contributed by atoms with Gasteiger partial charge >= 0.3 is 0 Å². The van der Waals surface area contributed by atoms with Gasteiger partial charge in [0, 0.05) is 24.2 Å². The summed E-state index contributed by atoms with van der Waals surface area (Å²) in [6.07, 6.45) is 0.251. The summed E-state index contributed by atoms with van der Waals surface area (Å²) in [6, 6.07) is 9.38. The predicted molar refractivity (Wildman–Crippen MR) is 93.4 cm³/mol. The number of nitrogens with zero attached hydrogens (tertiary/aromatic N) is 2. The van der Waals surface area contributed by atoms with Crippen molar-refractivity contribution in [2.24, 2.45) is 0 Å². The number of benzene rings is 1. The molecule has 2 aromatic rings. The van der Waals surface area contributed by atoms with Crippen molar-refractivity contribution in [1.29, 1.82) is 0 Å². The zero-order valence-electron chi connectivity index (χ0n) is 13.2. The lowest BCUT2D eigenvalue weighted by Crippen LogP contribution is -2.34. The van der Waals surface area contributed by atoms with Crippen LogP contribution in [0.25, 0.3) is 0 Å². The number of nitrogens with one attached hydrogen (secondary N) is 1. The molecular weight excluding hydrogens is 366 g/mol. The van der Waals surface area contributed by atoms with Crippen LogP contribution < -0.4 is 5.56 Å². The molecular formula is C16H16ClN3O4S. The van der Waals surface area contributed by atoms with Crippen molar-refractivity contribution in [3.05, 3.63) is 63.0 Å². The second-order valence-corrected chi connectivity index (χ2v) is 8.47. The predicted octanol–water partition coefficient (Wildman–Crippen LogP) is 1.43. The lowest BCUT2D eigenvalue weighted by atomic mass is 10.1. The molecule has 132 valence electrons. The van der Waals surface area contributed by atoms with Gasteiger partial charge in [0.05, 0.1) is 11.0 Å². The molecule has 1 atom stereocenters. The summed E-state index contributed by atoms with van der Waals surface area (Å²) >= 11 is 6.16. The zero-order valence-corrected chi connectivity index (χ0v) is 14.8. The maximum Gasteiger partial charge on any atom is 0.274 e. The first-order valence-electron chi connectivity index (χ1n) is 7.69. The van der Waals surface area contributed by atoms with Gasteiger partial charge in [-0.2, -0.15) is 5.10 Å². The molecule has 3 rings (SSSR count). The molecule has 0 saturated carbocycles. The number of H-pyrrole nitrogens is 1. The van der Waals surface area contributed by atoms with Crippen LogP contribution in [0.2, 0.25) is 5.02 Å². The van der Waals surface area contributed by atoms with E-state index in [1.807, 2.05) is 0 Å². The fourth-order valence-electron chi connectivity index (χ4n) is 2.86. The standard InChI is InChI=1S/C16H16ClN3O4S/c17-12-4-2-1-3-11(12)14-7-8-20(9-10-25(14,23)24)16(22)13-5-6-15(21)19-18-13/h1-6,14H,7-10H2,(H,19,21). The van der Waals surface area contributed by atoms with Crippen molar-refractivity contribution in [2.45, 2.75) is 11.7 Å². The number of sulfone groups is 1. The number of hydrogen-bond donors (Lipinski definition) is 1. The maximum absolute atomic E-state index is 12.6. The van der Waals surface area contributed by atoms with Gasteiger partial charge in [0.1, 0.15) is 5.69 Å². The highest BCUT2D eigenvalue weighted by Gasteiger charge is 2.34. The molecule has 9 heteroatoms. The Morgan fingerprint density at radius 3 is 2.64 bits per heavy atom. The summed E-state index contributed by atoms with van der Waals surface area (Å²) in [6.45, 7) is 0.331. The van der Waals surface area contributed by atoms with Crippen LogP contribution in [0.15, 0.2) is 41.2 Å². The van der Waals surface area contributed by atoms with Gasteiger partial charge in [-0.25, -0.2) is 13.5 Å². The quantitative estimate of drug-likeness (QED) is 0.848. The monoisotopic (exact) mass is 381 g/mol. The molecule has 1 amide bonds. The molecule has 0 bridgehead atoms. The van der Waals surface area contributed by atoms with Crippen LogP contribution in [0.1, 0.15) is 27.7 Å². The van der Waals surface area contributed by atoms with Crippen molar-refractivity contribution in [3.63, 3.8) is 0 Å². The zero-order chi connectivity index (χ0) is 18.0. The first kappa shape index (κ1) is 17.6. The van der Waals surface area contributed by atoms with Gasteiger partial charge in [-0.05, 0) is 24.1 Å². The summed E-state index contributed by atoms with van der Waals surface area (Å²) in [5.41, 5.74) is 0.225. The molecule has 1 aromatic carbocycles. The lowest BCUT2D eigenvalue weighted by molar-refractivity contribution is 0.0759. The number of rotatable bonds is 2. The molecule has 0 spiro atoms. The van der Waals surface area contributed by atoms with E-state index in [4.69, 9.17) is 11.6 Å². The van der Waals surface area contributed by atoms with E-state index in [1.54, 1.807) is 24.3 Å². The first-order valence-corrected chi connectivity index (χ1v) is 9.79. The summed E-state index contributed by atoms with van der Waals surface area (Å²) in [5, 5.41) is 5.57. The summed E-state index contributed by atoms with van der Waals surface area (Å²) < 4.78 is 25.3. The van der Waals surface area contributed by atoms with Crippen LogP contribution in [0.4, 0.5) is 0 Å². The molecule has 1 fully saturated rings. The number of carbonyl (C=O) groups is 1. The minimum Gasteiger partial charge on any atom is -0.336 e. The summed E-state index contributed by atoms with van der Waals surface area (Å²) in [5.74, 6) is -0.566. The van der Waals surface area contributed by atoms with Crippen LogP contribution in [0.5, 0.6) is 0 Å². The molecule has 1 aliphatic heterocycles. The summed E-state index contributed by atoms with van der Waals surface area (Å²) in [7, 11) is -3.45. The maximum atomic E-state index is 12.6. The lowest BCUT2D eigenvalue weighted by Gasteiger charge is -2.19. The van der Waals surface area contributed by atoms with E-state index in [0.717, 1.165) is 0 Å². The van der Waals surface area contributed by atoms with Crippen molar-refractivity contribution >= 4 is 27.3 Å². The number of carbonyl (C=O) groups excluding carboxylic acids is 1. The molecule has 1 unspecified atom stereocenters. The van der Waals surface area contributed by atoms with Crippen LogP contribution in [-0.4, -0.2) is 48.3 Å². The molecule has 1 N–H and O–H groups in total. The van der Waals surface area contributed by atoms with Gasteiger partial charge in [-0.15, -0.1) is 0 Å². The Labute approximate surface area is 149 Å². The van der Waals surface area contributed by atoms with Crippen LogP contribution >= 0.6 is 11.6 Å². The van der Waals surface area contributed by atoms with E-state index in [1.165, 1.54) is 17.0 Å². The van der Waals surface area contributed by atoms with Gasteiger partial charge in [-0.1, -0.05) is 29.8 Å². The normalized spacial score (nSPS) is 20.0. The van der Waals surface area contributed by atoms with Gasteiger partial charge in [0.15, 0.2) is 9.84 Å². The molecule has 1 saturated heterocycles.